The molecule has 0 atom stereocenters. The highest BCUT2D eigenvalue weighted by molar-refractivity contribution is 5.81. The molecule has 1 aromatic rings. The fourth-order valence-electron chi connectivity index (χ4n) is 1.83. The molecule has 1 aliphatic rings. The number of nitrogens with zero attached hydrogens (tertiary/aromatic N) is 2. The Labute approximate surface area is 101 Å². The zero-order chi connectivity index (χ0) is 12.3. The van der Waals surface area contributed by atoms with Crippen LogP contribution >= 0.6 is 0 Å². The van der Waals surface area contributed by atoms with Crippen LogP contribution in [-0.2, 0) is 6.54 Å². The van der Waals surface area contributed by atoms with Crippen molar-refractivity contribution < 1.29 is 9.47 Å². The third-order valence-electron chi connectivity index (χ3n) is 2.71. The van der Waals surface area contributed by atoms with E-state index in [-0.39, 0.29) is 0 Å². The van der Waals surface area contributed by atoms with Gasteiger partial charge in [0.2, 0.25) is 0 Å². The highest BCUT2D eigenvalue weighted by Crippen LogP contribution is 2.28. The molecule has 5 nitrogen and oxygen atoms in total. The summed E-state index contributed by atoms with van der Waals surface area (Å²) in [4.78, 5) is 0. The molecule has 1 heterocycles. The van der Waals surface area contributed by atoms with E-state index in [1.807, 2.05) is 23.2 Å². The first-order valence-electron chi connectivity index (χ1n) is 5.51. The number of hydrogen-bond donors (Lipinski definition) is 1. The molecule has 0 saturated carbocycles. The van der Waals surface area contributed by atoms with Gasteiger partial charge in [0, 0.05) is 13.0 Å². The van der Waals surface area contributed by atoms with E-state index < -0.39 is 0 Å². The van der Waals surface area contributed by atoms with Gasteiger partial charge in [-0.2, -0.15) is 5.10 Å². The number of methoxy groups -OCH3 is 2. The van der Waals surface area contributed by atoms with Crippen LogP contribution in [0.15, 0.2) is 23.3 Å². The highest BCUT2D eigenvalue weighted by Gasteiger charge is 2.13. The lowest BCUT2D eigenvalue weighted by Crippen LogP contribution is -2.13. The second-order valence-electron chi connectivity index (χ2n) is 3.92. The molecule has 1 aromatic carbocycles. The molecule has 0 unspecified atom stereocenters. The normalized spacial score (nSPS) is 14.7. The van der Waals surface area contributed by atoms with Crippen molar-refractivity contribution in [2.75, 3.05) is 20.8 Å². The summed E-state index contributed by atoms with van der Waals surface area (Å²) in [6.45, 7) is 1.61. The minimum Gasteiger partial charge on any atom is -0.493 e. The molecule has 0 aliphatic carbocycles. The lowest BCUT2D eigenvalue weighted by Gasteiger charge is -2.15. The van der Waals surface area contributed by atoms with E-state index in [0.29, 0.717) is 5.84 Å². The van der Waals surface area contributed by atoms with Gasteiger partial charge in [0.25, 0.3) is 0 Å². The van der Waals surface area contributed by atoms with Crippen molar-refractivity contribution in [1.29, 1.82) is 0 Å². The van der Waals surface area contributed by atoms with E-state index in [9.17, 15) is 0 Å². The monoisotopic (exact) mass is 235 g/mol. The molecule has 2 rings (SSSR count). The Bertz CT molecular complexity index is 432. The summed E-state index contributed by atoms with van der Waals surface area (Å²) < 4.78 is 10.5. The standard InChI is InChI=1S/C12H17N3O2/c1-16-10-4-3-9(7-11(10)17-2)8-15-6-5-12(13)14-15/h3-4,7H,5-6,8H2,1-2H3,(H2,13,14). The van der Waals surface area contributed by atoms with Gasteiger partial charge in [-0.1, -0.05) is 6.07 Å². The van der Waals surface area contributed by atoms with Gasteiger partial charge in [-0.3, -0.25) is 5.01 Å². The predicted octanol–water partition coefficient (Wildman–Crippen LogP) is 1.18. The molecule has 0 fully saturated rings. The topological polar surface area (TPSA) is 60.1 Å². The number of hydrazone groups is 1. The van der Waals surface area contributed by atoms with E-state index in [2.05, 4.69) is 5.10 Å². The van der Waals surface area contributed by atoms with Crippen LogP contribution < -0.4 is 15.2 Å². The van der Waals surface area contributed by atoms with E-state index in [1.54, 1.807) is 14.2 Å². The van der Waals surface area contributed by atoms with Crippen LogP contribution in [0.25, 0.3) is 0 Å². The summed E-state index contributed by atoms with van der Waals surface area (Å²) in [5, 5.41) is 6.19. The molecule has 17 heavy (non-hydrogen) atoms. The number of ether oxygens (including phenoxy) is 2. The van der Waals surface area contributed by atoms with Crippen LogP contribution in [-0.4, -0.2) is 31.6 Å². The number of hydrogen-bond acceptors (Lipinski definition) is 5. The van der Waals surface area contributed by atoms with Crippen molar-refractivity contribution in [3.63, 3.8) is 0 Å². The van der Waals surface area contributed by atoms with Gasteiger partial charge < -0.3 is 15.2 Å². The Kier molecular flexibility index (Phi) is 3.37. The van der Waals surface area contributed by atoms with Gasteiger partial charge in [0.05, 0.1) is 20.8 Å². The van der Waals surface area contributed by atoms with Crippen molar-refractivity contribution in [2.45, 2.75) is 13.0 Å². The van der Waals surface area contributed by atoms with Crippen LogP contribution in [0.5, 0.6) is 11.5 Å². The molecule has 0 spiro atoms. The van der Waals surface area contributed by atoms with Gasteiger partial charge in [-0.05, 0) is 17.7 Å². The summed E-state index contributed by atoms with van der Waals surface area (Å²) in [5.74, 6) is 2.17. The number of nitrogens with two attached hydrogens (primary N) is 1. The van der Waals surface area contributed by atoms with E-state index >= 15 is 0 Å². The third-order valence-corrected chi connectivity index (χ3v) is 2.71. The van der Waals surface area contributed by atoms with Crippen LogP contribution in [0.2, 0.25) is 0 Å². The van der Waals surface area contributed by atoms with Crippen molar-refractivity contribution >= 4 is 5.84 Å². The Morgan fingerprint density at radius 1 is 1.29 bits per heavy atom. The zero-order valence-electron chi connectivity index (χ0n) is 10.1. The molecule has 2 N–H and O–H groups in total. The Morgan fingerprint density at radius 3 is 2.65 bits per heavy atom. The van der Waals surface area contributed by atoms with Crippen LogP contribution in [0.3, 0.4) is 0 Å². The second-order valence-corrected chi connectivity index (χ2v) is 3.92. The summed E-state index contributed by atoms with van der Waals surface area (Å²) >= 11 is 0. The minimum absolute atomic E-state index is 0.700. The largest absolute Gasteiger partial charge is 0.493 e. The van der Waals surface area contributed by atoms with Gasteiger partial charge in [-0.15, -0.1) is 0 Å². The van der Waals surface area contributed by atoms with Gasteiger partial charge in [-0.25, -0.2) is 0 Å². The first-order chi connectivity index (χ1) is 8.22. The zero-order valence-corrected chi connectivity index (χ0v) is 10.1. The number of benzene rings is 1. The molecular weight excluding hydrogens is 218 g/mol. The fraction of sp³-hybridized carbons (Fsp3) is 0.417. The van der Waals surface area contributed by atoms with Gasteiger partial charge in [0.1, 0.15) is 5.84 Å². The van der Waals surface area contributed by atoms with Crippen LogP contribution in [0.1, 0.15) is 12.0 Å². The molecule has 0 saturated heterocycles. The summed E-state index contributed by atoms with van der Waals surface area (Å²) in [7, 11) is 3.26. The highest BCUT2D eigenvalue weighted by atomic mass is 16.5. The van der Waals surface area contributed by atoms with Crippen molar-refractivity contribution in [2.24, 2.45) is 10.8 Å². The maximum absolute atomic E-state index is 5.64. The molecule has 92 valence electrons. The molecule has 0 amide bonds. The van der Waals surface area contributed by atoms with Crippen molar-refractivity contribution in [3.8, 4) is 11.5 Å². The van der Waals surface area contributed by atoms with E-state index in [4.69, 9.17) is 15.2 Å². The number of amidine groups is 1. The molecular formula is C12H17N3O2. The van der Waals surface area contributed by atoms with Crippen molar-refractivity contribution in [3.05, 3.63) is 23.8 Å². The molecule has 1 aliphatic heterocycles. The minimum atomic E-state index is 0.700. The average Bonchev–Trinajstić information content (AvgIpc) is 2.74. The second kappa shape index (κ2) is 4.95. The quantitative estimate of drug-likeness (QED) is 0.851. The Morgan fingerprint density at radius 2 is 2.06 bits per heavy atom. The van der Waals surface area contributed by atoms with Crippen molar-refractivity contribution in [1.82, 2.24) is 5.01 Å². The molecule has 0 radical (unpaired) electrons. The summed E-state index contributed by atoms with van der Waals surface area (Å²) in [6, 6.07) is 5.87. The lowest BCUT2D eigenvalue weighted by molar-refractivity contribution is 0.308. The summed E-state index contributed by atoms with van der Waals surface area (Å²) in [6.07, 6.45) is 0.841. The summed E-state index contributed by atoms with van der Waals surface area (Å²) in [5.41, 5.74) is 6.77. The average molecular weight is 235 g/mol. The fourth-order valence-corrected chi connectivity index (χ4v) is 1.83. The van der Waals surface area contributed by atoms with Gasteiger partial charge in [0.15, 0.2) is 11.5 Å². The Hall–Kier alpha value is -1.91. The first-order valence-corrected chi connectivity index (χ1v) is 5.51. The molecule has 5 heteroatoms. The smallest absolute Gasteiger partial charge is 0.161 e. The lowest BCUT2D eigenvalue weighted by atomic mass is 10.2. The Balaban J connectivity index is 2.11. The third kappa shape index (κ3) is 2.61. The molecule has 0 bridgehead atoms. The predicted molar refractivity (Wildman–Crippen MR) is 66.2 cm³/mol. The first kappa shape index (κ1) is 11.6. The maximum Gasteiger partial charge on any atom is 0.161 e. The van der Waals surface area contributed by atoms with E-state index in [1.165, 1.54) is 0 Å². The number of rotatable bonds is 4. The van der Waals surface area contributed by atoms with Gasteiger partial charge >= 0.3 is 0 Å². The SMILES string of the molecule is COc1ccc(CN2CCC(N)=N2)cc1OC. The van der Waals surface area contributed by atoms with Crippen LogP contribution in [0, 0.1) is 0 Å². The molecule has 0 aromatic heterocycles. The maximum atomic E-state index is 5.64. The van der Waals surface area contributed by atoms with E-state index in [0.717, 1.165) is 36.6 Å². The van der Waals surface area contributed by atoms with Crippen LogP contribution in [0.4, 0.5) is 0 Å².